The van der Waals surface area contributed by atoms with Crippen molar-refractivity contribution in [1.29, 1.82) is 0 Å². The van der Waals surface area contributed by atoms with Crippen molar-refractivity contribution in [2.45, 2.75) is 25.7 Å². The number of hydrogen-bond donors (Lipinski definition) is 2. The molecule has 1 fully saturated rings. The van der Waals surface area contributed by atoms with Gasteiger partial charge in [0.15, 0.2) is 0 Å². The van der Waals surface area contributed by atoms with Gasteiger partial charge in [0.2, 0.25) is 11.8 Å². The molecule has 2 aromatic heterocycles. The van der Waals surface area contributed by atoms with E-state index in [0.717, 1.165) is 19.0 Å². The number of aromatic nitrogens is 3. The number of carbonyl (C=O) groups excluding carboxylic acids is 2. The molecule has 30 heavy (non-hydrogen) atoms. The molecule has 2 heterocycles. The van der Waals surface area contributed by atoms with Crippen LogP contribution < -0.4 is 11.1 Å². The molecule has 1 aliphatic rings. The number of rotatable bonds is 6. The van der Waals surface area contributed by atoms with Crippen LogP contribution in [-0.4, -0.2) is 26.9 Å². The maximum atomic E-state index is 14.4. The minimum Gasteiger partial charge on any atom is -0.363 e. The lowest BCUT2D eigenvalue weighted by atomic mass is 9.97. The van der Waals surface area contributed by atoms with Crippen molar-refractivity contribution in [2.24, 2.45) is 11.7 Å². The SMILES string of the molecule is CC(c1nc(C(N)=O)no1)c1ccc(-c2cc(NC(=O)C3CC3)ncc2F)cc1Cl. The zero-order valence-electron chi connectivity index (χ0n) is 15.9. The van der Waals surface area contributed by atoms with Gasteiger partial charge in [-0.25, -0.2) is 9.37 Å². The highest BCUT2D eigenvalue weighted by atomic mass is 35.5. The van der Waals surface area contributed by atoms with Crippen LogP contribution >= 0.6 is 11.6 Å². The fourth-order valence-electron chi connectivity index (χ4n) is 2.99. The maximum absolute atomic E-state index is 14.4. The summed E-state index contributed by atoms with van der Waals surface area (Å²) in [5.41, 5.74) is 6.56. The number of pyridine rings is 1. The average Bonchev–Trinajstić information content (AvgIpc) is 3.45. The van der Waals surface area contributed by atoms with Crippen molar-refractivity contribution >= 4 is 29.2 Å². The third-order valence-corrected chi connectivity index (χ3v) is 5.19. The van der Waals surface area contributed by atoms with Crippen LogP contribution in [0.15, 0.2) is 35.0 Å². The molecule has 1 saturated carbocycles. The molecule has 1 atom stereocenters. The predicted octanol–water partition coefficient (Wildman–Crippen LogP) is 3.52. The first kappa shape index (κ1) is 20.0. The van der Waals surface area contributed by atoms with E-state index in [0.29, 0.717) is 16.1 Å². The van der Waals surface area contributed by atoms with Crippen LogP contribution in [0.25, 0.3) is 11.1 Å². The molecule has 2 amide bonds. The first-order valence-corrected chi connectivity index (χ1v) is 9.61. The van der Waals surface area contributed by atoms with Crippen LogP contribution in [-0.2, 0) is 4.79 Å². The summed E-state index contributed by atoms with van der Waals surface area (Å²) in [7, 11) is 0. The Morgan fingerprint density at radius 2 is 2.10 bits per heavy atom. The summed E-state index contributed by atoms with van der Waals surface area (Å²) >= 11 is 6.43. The Hall–Kier alpha value is -3.33. The molecule has 10 heteroatoms. The van der Waals surface area contributed by atoms with Gasteiger partial charge in [-0.3, -0.25) is 9.59 Å². The number of carbonyl (C=O) groups is 2. The normalized spacial score (nSPS) is 14.4. The number of amides is 2. The third kappa shape index (κ3) is 4.02. The van der Waals surface area contributed by atoms with Crippen LogP contribution in [0.5, 0.6) is 0 Å². The number of hydrogen-bond acceptors (Lipinski definition) is 6. The molecule has 0 bridgehead atoms. The number of halogens is 2. The molecule has 154 valence electrons. The Bertz CT molecular complexity index is 1150. The van der Waals surface area contributed by atoms with Crippen LogP contribution in [0.1, 0.15) is 47.8 Å². The highest BCUT2D eigenvalue weighted by Gasteiger charge is 2.30. The second kappa shape index (κ2) is 7.83. The molecular weight excluding hydrogens is 413 g/mol. The monoisotopic (exact) mass is 429 g/mol. The highest BCUT2D eigenvalue weighted by Crippen LogP contribution is 2.34. The van der Waals surface area contributed by atoms with Gasteiger partial charge < -0.3 is 15.6 Å². The second-order valence-electron chi connectivity index (χ2n) is 7.09. The Balaban J connectivity index is 1.60. The topological polar surface area (TPSA) is 124 Å². The molecule has 3 N–H and O–H groups in total. The van der Waals surface area contributed by atoms with E-state index in [1.165, 1.54) is 6.07 Å². The minimum atomic E-state index is -0.795. The number of nitrogens with zero attached hydrogens (tertiary/aromatic N) is 3. The van der Waals surface area contributed by atoms with Crippen LogP contribution in [0.2, 0.25) is 5.02 Å². The lowest BCUT2D eigenvalue weighted by Gasteiger charge is -2.12. The molecule has 0 spiro atoms. The fourth-order valence-corrected chi connectivity index (χ4v) is 3.34. The highest BCUT2D eigenvalue weighted by molar-refractivity contribution is 6.31. The number of anilines is 1. The smallest absolute Gasteiger partial charge is 0.290 e. The zero-order valence-corrected chi connectivity index (χ0v) is 16.6. The fraction of sp³-hybridized carbons (Fsp3) is 0.250. The summed E-state index contributed by atoms with van der Waals surface area (Å²) in [5.74, 6) is -1.62. The molecule has 4 rings (SSSR count). The van der Waals surface area contributed by atoms with Crippen molar-refractivity contribution in [1.82, 2.24) is 15.1 Å². The van der Waals surface area contributed by atoms with Gasteiger partial charge in [-0.15, -0.1) is 0 Å². The Morgan fingerprint density at radius 3 is 2.73 bits per heavy atom. The average molecular weight is 430 g/mol. The Morgan fingerprint density at radius 1 is 1.33 bits per heavy atom. The van der Waals surface area contributed by atoms with Crippen molar-refractivity contribution in [2.75, 3.05) is 5.32 Å². The minimum absolute atomic E-state index is 0.00954. The van der Waals surface area contributed by atoms with Gasteiger partial charge in [0.05, 0.1) is 12.1 Å². The number of primary amides is 1. The lowest BCUT2D eigenvalue weighted by Crippen LogP contribution is -2.14. The maximum Gasteiger partial charge on any atom is 0.290 e. The van der Waals surface area contributed by atoms with E-state index in [-0.39, 0.29) is 34.9 Å². The largest absolute Gasteiger partial charge is 0.363 e. The summed E-state index contributed by atoms with van der Waals surface area (Å²) in [6, 6.07) is 6.47. The van der Waals surface area contributed by atoms with E-state index in [9.17, 15) is 14.0 Å². The van der Waals surface area contributed by atoms with Gasteiger partial charge in [-0.1, -0.05) is 28.9 Å². The number of nitrogens with one attached hydrogen (secondary N) is 1. The molecule has 0 saturated heterocycles. The van der Waals surface area contributed by atoms with Gasteiger partial charge in [-0.2, -0.15) is 4.98 Å². The van der Waals surface area contributed by atoms with Gasteiger partial charge in [-0.05, 0) is 43.0 Å². The molecule has 1 aliphatic carbocycles. The molecule has 3 aromatic rings. The lowest BCUT2D eigenvalue weighted by molar-refractivity contribution is -0.117. The van der Waals surface area contributed by atoms with Crippen LogP contribution in [0.4, 0.5) is 10.2 Å². The van der Waals surface area contributed by atoms with E-state index in [1.54, 1.807) is 25.1 Å². The number of benzene rings is 1. The molecule has 0 aliphatic heterocycles. The van der Waals surface area contributed by atoms with Crippen molar-refractivity contribution in [3.05, 3.63) is 58.6 Å². The summed E-state index contributed by atoms with van der Waals surface area (Å²) in [4.78, 5) is 31.0. The van der Waals surface area contributed by atoms with E-state index < -0.39 is 17.6 Å². The van der Waals surface area contributed by atoms with E-state index in [4.69, 9.17) is 21.9 Å². The van der Waals surface area contributed by atoms with E-state index in [1.807, 2.05) is 0 Å². The molecule has 1 aromatic carbocycles. The quantitative estimate of drug-likeness (QED) is 0.617. The molecule has 0 radical (unpaired) electrons. The summed E-state index contributed by atoms with van der Waals surface area (Å²) in [5, 5.41) is 6.57. The van der Waals surface area contributed by atoms with Gasteiger partial charge >= 0.3 is 0 Å². The van der Waals surface area contributed by atoms with Gasteiger partial charge in [0.25, 0.3) is 11.7 Å². The van der Waals surface area contributed by atoms with Crippen LogP contribution in [0.3, 0.4) is 0 Å². The first-order chi connectivity index (χ1) is 14.3. The Kier molecular flexibility index (Phi) is 5.21. The standard InChI is InChI=1S/C20H17ClFN5O3/c1-9(20-26-18(17(23)28)27-30-20)12-5-4-11(6-14(12)21)13-7-16(24-8-15(13)22)25-19(29)10-2-3-10/h4-10H,2-3H2,1H3,(H2,23,28)(H,24,25,29). The summed E-state index contributed by atoms with van der Waals surface area (Å²) < 4.78 is 19.5. The zero-order chi connectivity index (χ0) is 21.4. The van der Waals surface area contributed by atoms with Crippen molar-refractivity contribution in [3.63, 3.8) is 0 Å². The number of nitrogens with two attached hydrogens (primary N) is 1. The van der Waals surface area contributed by atoms with Gasteiger partial charge in [0, 0.05) is 16.5 Å². The van der Waals surface area contributed by atoms with Crippen molar-refractivity contribution < 1.29 is 18.5 Å². The second-order valence-corrected chi connectivity index (χ2v) is 7.50. The molecule has 1 unspecified atom stereocenters. The van der Waals surface area contributed by atoms with Gasteiger partial charge in [0.1, 0.15) is 11.6 Å². The van der Waals surface area contributed by atoms with Crippen molar-refractivity contribution in [3.8, 4) is 11.1 Å². The predicted molar refractivity (Wildman–Crippen MR) is 106 cm³/mol. The molecular formula is C20H17ClFN5O3. The molecule has 8 nitrogen and oxygen atoms in total. The summed E-state index contributed by atoms with van der Waals surface area (Å²) in [6.07, 6.45) is 2.78. The summed E-state index contributed by atoms with van der Waals surface area (Å²) in [6.45, 7) is 1.78. The van der Waals surface area contributed by atoms with E-state index >= 15 is 0 Å². The third-order valence-electron chi connectivity index (χ3n) is 4.87. The first-order valence-electron chi connectivity index (χ1n) is 9.23. The Labute approximate surface area is 175 Å². The van der Waals surface area contributed by atoms with E-state index in [2.05, 4.69) is 20.4 Å². The van der Waals surface area contributed by atoms with Crippen LogP contribution in [0, 0.1) is 11.7 Å².